The molecule has 0 spiro atoms. The quantitative estimate of drug-likeness (QED) is 0.872. The highest BCUT2D eigenvalue weighted by Crippen LogP contribution is 2.21. The summed E-state index contributed by atoms with van der Waals surface area (Å²) in [5.74, 6) is -0.108. The van der Waals surface area contributed by atoms with Crippen LogP contribution in [0.2, 0.25) is 0 Å². The van der Waals surface area contributed by atoms with E-state index in [1.54, 1.807) is 0 Å². The molecule has 0 saturated carbocycles. The zero-order valence-electron chi connectivity index (χ0n) is 11.1. The summed E-state index contributed by atoms with van der Waals surface area (Å²) in [6.45, 7) is 5.88. The molecular formula is C14H21FN2O. The third-order valence-corrected chi connectivity index (χ3v) is 3.60. The maximum atomic E-state index is 13.2. The number of phenolic OH excluding ortho intramolecular Hbond substituents is 1. The van der Waals surface area contributed by atoms with Crippen molar-refractivity contribution in [1.82, 2.24) is 9.80 Å². The molecule has 3 nitrogen and oxygen atoms in total. The number of aromatic hydroxyl groups is 1. The summed E-state index contributed by atoms with van der Waals surface area (Å²) in [7, 11) is 2.12. The maximum Gasteiger partial charge on any atom is 0.123 e. The second kappa shape index (κ2) is 5.67. The van der Waals surface area contributed by atoms with Gasteiger partial charge in [-0.2, -0.15) is 0 Å². The lowest BCUT2D eigenvalue weighted by atomic mass is 10.1. The monoisotopic (exact) mass is 252 g/mol. The number of rotatable bonds is 2. The molecule has 1 heterocycles. The molecule has 1 aliphatic rings. The van der Waals surface area contributed by atoms with Crippen molar-refractivity contribution >= 4 is 0 Å². The van der Waals surface area contributed by atoms with Gasteiger partial charge in [-0.3, -0.25) is 4.90 Å². The van der Waals surface area contributed by atoms with Crippen LogP contribution < -0.4 is 0 Å². The lowest BCUT2D eigenvalue weighted by Gasteiger charge is -2.28. The molecule has 1 aromatic rings. The Morgan fingerprint density at radius 2 is 2.17 bits per heavy atom. The van der Waals surface area contributed by atoms with Crippen LogP contribution in [-0.2, 0) is 6.54 Å². The first-order valence-corrected chi connectivity index (χ1v) is 6.46. The van der Waals surface area contributed by atoms with Crippen molar-refractivity contribution in [2.75, 3.05) is 26.7 Å². The van der Waals surface area contributed by atoms with Crippen LogP contribution in [0.5, 0.6) is 5.75 Å². The molecule has 1 aliphatic heterocycles. The first-order chi connectivity index (χ1) is 8.56. The zero-order chi connectivity index (χ0) is 13.1. The van der Waals surface area contributed by atoms with Crippen molar-refractivity contribution < 1.29 is 9.50 Å². The summed E-state index contributed by atoms with van der Waals surface area (Å²) >= 11 is 0. The molecule has 2 rings (SSSR count). The first kappa shape index (κ1) is 13.3. The Labute approximate surface area is 108 Å². The van der Waals surface area contributed by atoms with Gasteiger partial charge in [0.1, 0.15) is 11.6 Å². The molecule has 1 unspecified atom stereocenters. The van der Waals surface area contributed by atoms with Crippen molar-refractivity contribution in [2.24, 2.45) is 0 Å². The molecule has 1 atom stereocenters. The van der Waals surface area contributed by atoms with Crippen LogP contribution in [0.4, 0.5) is 4.39 Å². The molecule has 1 saturated heterocycles. The van der Waals surface area contributed by atoms with Gasteiger partial charge in [-0.05, 0) is 45.1 Å². The summed E-state index contributed by atoms with van der Waals surface area (Å²) in [6, 6.07) is 4.56. The number of hydrogen-bond acceptors (Lipinski definition) is 3. The Hall–Kier alpha value is -1.13. The molecular weight excluding hydrogens is 231 g/mol. The fraction of sp³-hybridized carbons (Fsp3) is 0.571. The average Bonchev–Trinajstić information content (AvgIpc) is 2.46. The standard InChI is InChI=1S/C14H21FN2O/c1-11-9-16(2)6-3-7-17(11)10-12-8-13(15)4-5-14(12)18/h4-5,8,11,18H,3,6-7,9-10H2,1-2H3. The Bertz CT molecular complexity index is 411. The number of phenols is 1. The Morgan fingerprint density at radius 1 is 1.39 bits per heavy atom. The smallest absolute Gasteiger partial charge is 0.123 e. The molecule has 1 N–H and O–H groups in total. The number of nitrogens with zero attached hydrogens (tertiary/aromatic N) is 2. The third-order valence-electron chi connectivity index (χ3n) is 3.60. The highest BCUT2D eigenvalue weighted by atomic mass is 19.1. The van der Waals surface area contributed by atoms with Crippen LogP contribution in [-0.4, -0.2) is 47.6 Å². The lowest BCUT2D eigenvalue weighted by molar-refractivity contribution is 0.192. The summed E-state index contributed by atoms with van der Waals surface area (Å²) in [4.78, 5) is 4.62. The Balaban J connectivity index is 2.09. The van der Waals surface area contributed by atoms with Gasteiger partial charge >= 0.3 is 0 Å². The van der Waals surface area contributed by atoms with Gasteiger partial charge in [0.15, 0.2) is 0 Å². The van der Waals surface area contributed by atoms with E-state index in [-0.39, 0.29) is 11.6 Å². The molecule has 0 aliphatic carbocycles. The van der Waals surface area contributed by atoms with Crippen LogP contribution in [0.3, 0.4) is 0 Å². The molecule has 100 valence electrons. The second-order valence-electron chi connectivity index (χ2n) is 5.21. The largest absolute Gasteiger partial charge is 0.508 e. The summed E-state index contributed by atoms with van der Waals surface area (Å²) in [5, 5.41) is 9.77. The molecule has 0 aromatic heterocycles. The minimum atomic E-state index is -0.289. The van der Waals surface area contributed by atoms with Crippen LogP contribution in [0.1, 0.15) is 18.9 Å². The van der Waals surface area contributed by atoms with Gasteiger partial charge in [-0.1, -0.05) is 0 Å². The van der Waals surface area contributed by atoms with Crippen molar-refractivity contribution in [2.45, 2.75) is 25.9 Å². The Kier molecular flexibility index (Phi) is 4.19. The van der Waals surface area contributed by atoms with Gasteiger partial charge in [0.2, 0.25) is 0 Å². The van der Waals surface area contributed by atoms with E-state index in [1.165, 1.54) is 18.2 Å². The minimum Gasteiger partial charge on any atom is -0.508 e. The molecule has 1 aromatic carbocycles. The average molecular weight is 252 g/mol. The van der Waals surface area contributed by atoms with E-state index in [2.05, 4.69) is 23.8 Å². The van der Waals surface area contributed by atoms with E-state index < -0.39 is 0 Å². The first-order valence-electron chi connectivity index (χ1n) is 6.46. The van der Waals surface area contributed by atoms with Gasteiger partial charge in [-0.25, -0.2) is 4.39 Å². The topological polar surface area (TPSA) is 26.7 Å². The molecule has 4 heteroatoms. The predicted molar refractivity (Wildman–Crippen MR) is 70.1 cm³/mol. The Morgan fingerprint density at radius 3 is 2.94 bits per heavy atom. The van der Waals surface area contributed by atoms with Crippen molar-refractivity contribution in [1.29, 1.82) is 0 Å². The molecule has 0 radical (unpaired) electrons. The van der Waals surface area contributed by atoms with Gasteiger partial charge in [0.05, 0.1) is 0 Å². The van der Waals surface area contributed by atoms with Gasteiger partial charge in [-0.15, -0.1) is 0 Å². The van der Waals surface area contributed by atoms with E-state index >= 15 is 0 Å². The predicted octanol–water partition coefficient (Wildman–Crippen LogP) is 2.06. The fourth-order valence-electron chi connectivity index (χ4n) is 2.56. The van der Waals surface area contributed by atoms with Crippen LogP contribution in [0.25, 0.3) is 0 Å². The third kappa shape index (κ3) is 3.21. The number of likely N-dealkylation sites (N-methyl/N-ethyl adjacent to an activating group) is 1. The van der Waals surface area contributed by atoms with E-state index in [0.717, 1.165) is 26.1 Å². The minimum absolute atomic E-state index is 0.182. The highest BCUT2D eigenvalue weighted by Gasteiger charge is 2.20. The van der Waals surface area contributed by atoms with Crippen molar-refractivity contribution in [3.8, 4) is 5.75 Å². The van der Waals surface area contributed by atoms with Crippen LogP contribution >= 0.6 is 0 Å². The number of hydrogen-bond donors (Lipinski definition) is 1. The van der Waals surface area contributed by atoms with Crippen LogP contribution in [0.15, 0.2) is 18.2 Å². The maximum absolute atomic E-state index is 13.2. The van der Waals surface area contributed by atoms with Gasteiger partial charge < -0.3 is 10.0 Å². The second-order valence-corrected chi connectivity index (χ2v) is 5.21. The summed E-state index contributed by atoms with van der Waals surface area (Å²) in [5.41, 5.74) is 0.673. The summed E-state index contributed by atoms with van der Waals surface area (Å²) in [6.07, 6.45) is 1.11. The van der Waals surface area contributed by atoms with Crippen molar-refractivity contribution in [3.63, 3.8) is 0 Å². The molecule has 18 heavy (non-hydrogen) atoms. The molecule has 0 amide bonds. The zero-order valence-corrected chi connectivity index (χ0v) is 11.1. The van der Waals surface area contributed by atoms with Crippen LogP contribution in [0, 0.1) is 5.82 Å². The molecule has 0 bridgehead atoms. The SMILES string of the molecule is CC1CN(C)CCCN1Cc1cc(F)ccc1O. The van der Waals surface area contributed by atoms with Gasteiger partial charge in [0.25, 0.3) is 0 Å². The van der Waals surface area contributed by atoms with E-state index in [9.17, 15) is 9.50 Å². The number of halogens is 1. The van der Waals surface area contributed by atoms with Gasteiger partial charge in [0, 0.05) is 31.2 Å². The van der Waals surface area contributed by atoms with Crippen molar-refractivity contribution in [3.05, 3.63) is 29.6 Å². The highest BCUT2D eigenvalue weighted by molar-refractivity contribution is 5.32. The fourth-order valence-corrected chi connectivity index (χ4v) is 2.56. The lowest BCUT2D eigenvalue weighted by Crippen LogP contribution is -2.37. The molecule has 1 fully saturated rings. The van der Waals surface area contributed by atoms with E-state index in [1.807, 2.05) is 0 Å². The van der Waals surface area contributed by atoms with E-state index in [4.69, 9.17) is 0 Å². The normalized spacial score (nSPS) is 22.9. The van der Waals surface area contributed by atoms with E-state index in [0.29, 0.717) is 18.2 Å². The number of benzene rings is 1. The summed E-state index contributed by atoms with van der Waals surface area (Å²) < 4.78 is 13.2.